The number of hydrogen-bond donors (Lipinski definition) is 2. The summed E-state index contributed by atoms with van der Waals surface area (Å²) < 4.78 is 0. The van der Waals surface area contributed by atoms with Gasteiger partial charge in [-0.25, -0.2) is 0 Å². The second kappa shape index (κ2) is 7.97. The number of carbonyl (C=O) groups excluding carboxylic acids is 1. The number of phenolic OH excluding ortho intramolecular Hbond substituents is 1. The van der Waals surface area contributed by atoms with Crippen molar-refractivity contribution in [2.45, 2.75) is 25.3 Å². The van der Waals surface area contributed by atoms with E-state index in [1.165, 1.54) is 12.0 Å². The van der Waals surface area contributed by atoms with Crippen molar-refractivity contribution in [1.29, 1.82) is 0 Å². The van der Waals surface area contributed by atoms with Gasteiger partial charge in [0, 0.05) is 13.1 Å². The number of amides is 1. The first-order valence-corrected chi connectivity index (χ1v) is 8.52. The number of hydrogen-bond acceptors (Lipinski definition) is 3. The lowest BCUT2D eigenvalue weighted by atomic mass is 9.91. The lowest BCUT2D eigenvalue weighted by molar-refractivity contribution is -0.122. The maximum absolute atomic E-state index is 12.2. The predicted molar refractivity (Wildman–Crippen MR) is 94.8 cm³/mol. The molecule has 0 aromatic heterocycles. The molecule has 1 fully saturated rings. The average Bonchev–Trinajstić information content (AvgIpc) is 2.62. The second-order valence-corrected chi connectivity index (χ2v) is 6.43. The molecule has 1 atom stereocenters. The number of phenols is 1. The quantitative estimate of drug-likeness (QED) is 0.889. The molecular formula is C20H24N2O2. The second-order valence-electron chi connectivity index (χ2n) is 6.43. The standard InChI is InChI=1S/C20H24N2O2/c23-19-10-8-16(9-11-19)13-21-20(24)15-22-12-4-7-18(14-22)17-5-2-1-3-6-17/h1-3,5-6,8-11,18,23H,4,7,12-15H2,(H,21,24). The Bertz CT molecular complexity index is 655. The molecule has 0 aliphatic carbocycles. The van der Waals surface area contributed by atoms with E-state index in [2.05, 4.69) is 34.5 Å². The van der Waals surface area contributed by atoms with Crippen LogP contribution in [0.5, 0.6) is 5.75 Å². The molecule has 1 aliphatic heterocycles. The van der Waals surface area contributed by atoms with E-state index < -0.39 is 0 Å². The number of piperidine rings is 1. The fourth-order valence-corrected chi connectivity index (χ4v) is 3.27. The summed E-state index contributed by atoms with van der Waals surface area (Å²) in [4.78, 5) is 14.4. The van der Waals surface area contributed by atoms with Gasteiger partial charge in [-0.05, 0) is 48.6 Å². The van der Waals surface area contributed by atoms with Gasteiger partial charge >= 0.3 is 0 Å². The molecule has 1 aliphatic rings. The van der Waals surface area contributed by atoms with Crippen molar-refractivity contribution in [3.63, 3.8) is 0 Å². The molecule has 2 aromatic rings. The number of nitrogens with one attached hydrogen (secondary N) is 1. The molecule has 2 N–H and O–H groups in total. The van der Waals surface area contributed by atoms with Crippen molar-refractivity contribution in [2.75, 3.05) is 19.6 Å². The summed E-state index contributed by atoms with van der Waals surface area (Å²) in [5.41, 5.74) is 2.36. The first-order valence-electron chi connectivity index (χ1n) is 8.52. The average molecular weight is 324 g/mol. The summed E-state index contributed by atoms with van der Waals surface area (Å²) in [5, 5.41) is 12.2. The monoisotopic (exact) mass is 324 g/mol. The van der Waals surface area contributed by atoms with Gasteiger partial charge in [0.1, 0.15) is 5.75 Å². The van der Waals surface area contributed by atoms with Crippen molar-refractivity contribution in [1.82, 2.24) is 10.2 Å². The molecule has 1 heterocycles. The summed E-state index contributed by atoms with van der Waals surface area (Å²) in [6.07, 6.45) is 2.32. The number of aromatic hydroxyl groups is 1. The van der Waals surface area contributed by atoms with E-state index in [-0.39, 0.29) is 11.7 Å². The molecule has 3 rings (SSSR count). The number of rotatable bonds is 5. The van der Waals surface area contributed by atoms with Crippen LogP contribution >= 0.6 is 0 Å². The SMILES string of the molecule is O=C(CN1CCCC(c2ccccc2)C1)NCc1ccc(O)cc1. The van der Waals surface area contributed by atoms with Crippen molar-refractivity contribution < 1.29 is 9.90 Å². The highest BCUT2D eigenvalue weighted by molar-refractivity contribution is 5.78. The number of likely N-dealkylation sites (tertiary alicyclic amines) is 1. The molecule has 4 nitrogen and oxygen atoms in total. The third kappa shape index (κ3) is 4.59. The number of nitrogens with zero attached hydrogens (tertiary/aromatic N) is 1. The molecule has 2 aromatic carbocycles. The van der Waals surface area contributed by atoms with Gasteiger partial charge in [-0.1, -0.05) is 42.5 Å². The van der Waals surface area contributed by atoms with E-state index in [1.807, 2.05) is 18.2 Å². The van der Waals surface area contributed by atoms with E-state index >= 15 is 0 Å². The molecule has 4 heteroatoms. The molecule has 1 saturated heterocycles. The van der Waals surface area contributed by atoms with Crippen LogP contribution in [0, 0.1) is 0 Å². The van der Waals surface area contributed by atoms with Crippen LogP contribution in [-0.2, 0) is 11.3 Å². The van der Waals surface area contributed by atoms with Crippen LogP contribution < -0.4 is 5.32 Å². The maximum Gasteiger partial charge on any atom is 0.234 e. The molecule has 0 spiro atoms. The van der Waals surface area contributed by atoms with E-state index in [1.54, 1.807) is 12.1 Å². The summed E-state index contributed by atoms with van der Waals surface area (Å²) in [5.74, 6) is 0.812. The highest BCUT2D eigenvalue weighted by Gasteiger charge is 2.22. The smallest absolute Gasteiger partial charge is 0.234 e. The van der Waals surface area contributed by atoms with Gasteiger partial charge in [-0.2, -0.15) is 0 Å². The van der Waals surface area contributed by atoms with Crippen molar-refractivity contribution in [3.05, 3.63) is 65.7 Å². The van der Waals surface area contributed by atoms with Crippen LogP contribution in [0.1, 0.15) is 29.9 Å². The largest absolute Gasteiger partial charge is 0.508 e. The number of benzene rings is 2. The molecule has 0 saturated carbocycles. The summed E-state index contributed by atoms with van der Waals surface area (Å²) >= 11 is 0. The molecular weight excluding hydrogens is 300 g/mol. The predicted octanol–water partition coefficient (Wildman–Crippen LogP) is 2.89. The Morgan fingerprint density at radius 2 is 1.88 bits per heavy atom. The van der Waals surface area contributed by atoms with Crippen LogP contribution in [0.2, 0.25) is 0 Å². The van der Waals surface area contributed by atoms with Gasteiger partial charge in [-0.3, -0.25) is 9.69 Å². The molecule has 126 valence electrons. The Hall–Kier alpha value is -2.33. The van der Waals surface area contributed by atoms with Gasteiger partial charge in [0.25, 0.3) is 0 Å². The molecule has 24 heavy (non-hydrogen) atoms. The van der Waals surface area contributed by atoms with E-state index in [9.17, 15) is 9.90 Å². The van der Waals surface area contributed by atoms with Crippen LogP contribution in [0.3, 0.4) is 0 Å². The zero-order valence-electron chi connectivity index (χ0n) is 13.8. The molecule has 1 unspecified atom stereocenters. The Morgan fingerprint density at radius 3 is 2.62 bits per heavy atom. The fourth-order valence-electron chi connectivity index (χ4n) is 3.27. The lowest BCUT2D eigenvalue weighted by Crippen LogP contribution is -2.41. The minimum atomic E-state index is 0.0526. The summed E-state index contributed by atoms with van der Waals surface area (Å²) in [7, 11) is 0. The zero-order valence-corrected chi connectivity index (χ0v) is 13.8. The molecule has 0 radical (unpaired) electrons. The van der Waals surface area contributed by atoms with Gasteiger partial charge in [0.15, 0.2) is 0 Å². The minimum absolute atomic E-state index is 0.0526. The lowest BCUT2D eigenvalue weighted by Gasteiger charge is -2.32. The van der Waals surface area contributed by atoms with Gasteiger partial charge in [-0.15, -0.1) is 0 Å². The third-order valence-corrected chi connectivity index (χ3v) is 4.57. The fraction of sp³-hybridized carbons (Fsp3) is 0.350. The Labute approximate surface area is 143 Å². The first kappa shape index (κ1) is 16.5. The van der Waals surface area contributed by atoms with E-state index in [4.69, 9.17) is 0 Å². The van der Waals surface area contributed by atoms with Gasteiger partial charge in [0.2, 0.25) is 5.91 Å². The first-order chi connectivity index (χ1) is 11.7. The Kier molecular flexibility index (Phi) is 5.49. The highest BCUT2D eigenvalue weighted by atomic mass is 16.3. The third-order valence-electron chi connectivity index (χ3n) is 4.57. The van der Waals surface area contributed by atoms with E-state index in [0.717, 1.165) is 25.1 Å². The van der Waals surface area contributed by atoms with Crippen LogP contribution in [0.15, 0.2) is 54.6 Å². The Morgan fingerprint density at radius 1 is 1.12 bits per heavy atom. The van der Waals surface area contributed by atoms with E-state index in [0.29, 0.717) is 19.0 Å². The minimum Gasteiger partial charge on any atom is -0.508 e. The van der Waals surface area contributed by atoms with Crippen molar-refractivity contribution in [3.8, 4) is 5.75 Å². The topological polar surface area (TPSA) is 52.6 Å². The normalized spacial score (nSPS) is 18.2. The van der Waals surface area contributed by atoms with Gasteiger partial charge in [0.05, 0.1) is 6.54 Å². The maximum atomic E-state index is 12.2. The summed E-state index contributed by atoms with van der Waals surface area (Å²) in [6.45, 7) is 2.86. The van der Waals surface area contributed by atoms with Gasteiger partial charge < -0.3 is 10.4 Å². The van der Waals surface area contributed by atoms with Crippen LogP contribution in [-0.4, -0.2) is 35.5 Å². The summed E-state index contributed by atoms with van der Waals surface area (Å²) in [6, 6.07) is 17.5. The van der Waals surface area contributed by atoms with Crippen LogP contribution in [0.4, 0.5) is 0 Å². The van der Waals surface area contributed by atoms with Crippen molar-refractivity contribution >= 4 is 5.91 Å². The Balaban J connectivity index is 1.48. The molecule has 0 bridgehead atoms. The highest BCUT2D eigenvalue weighted by Crippen LogP contribution is 2.26. The number of carbonyl (C=O) groups is 1. The van der Waals surface area contributed by atoms with Crippen molar-refractivity contribution in [2.24, 2.45) is 0 Å². The zero-order chi connectivity index (χ0) is 16.8. The van der Waals surface area contributed by atoms with Crippen LogP contribution in [0.25, 0.3) is 0 Å². The molecule has 1 amide bonds.